The van der Waals surface area contributed by atoms with E-state index in [1.54, 1.807) is 0 Å². The molecule has 1 N–H and O–H groups in total. The third-order valence-electron chi connectivity index (χ3n) is 5.86. The van der Waals surface area contributed by atoms with Gasteiger partial charge in [-0.15, -0.1) is 0 Å². The highest BCUT2D eigenvalue weighted by Crippen LogP contribution is 2.28. The summed E-state index contributed by atoms with van der Waals surface area (Å²) in [4.78, 5) is 11.2. The Morgan fingerprint density at radius 3 is 2.67 bits per heavy atom. The molecule has 0 amide bonds. The smallest absolute Gasteiger partial charge is 0.193 e. The first kappa shape index (κ1) is 19.5. The number of hydrogen-bond acceptors (Lipinski definition) is 2. The van der Waals surface area contributed by atoms with E-state index in [1.807, 2.05) is 19.6 Å². The van der Waals surface area contributed by atoms with Crippen molar-refractivity contribution < 1.29 is 0 Å². The third-order valence-corrected chi connectivity index (χ3v) is 5.86. The van der Waals surface area contributed by atoms with E-state index in [2.05, 4.69) is 82.9 Å². The largest absolute Gasteiger partial charge is 0.355 e. The summed E-state index contributed by atoms with van der Waals surface area (Å²) in [5.41, 5.74) is 2.68. The second-order valence-corrected chi connectivity index (χ2v) is 8.44. The van der Waals surface area contributed by atoms with E-state index in [4.69, 9.17) is 0 Å². The molecule has 0 radical (unpaired) electrons. The number of imidazole rings is 1. The van der Waals surface area contributed by atoms with Crippen molar-refractivity contribution in [1.82, 2.24) is 19.8 Å². The number of aliphatic imine (C=N–C) groups is 1. The maximum Gasteiger partial charge on any atom is 0.193 e. The predicted molar refractivity (Wildman–Crippen MR) is 112 cm³/mol. The van der Waals surface area contributed by atoms with E-state index >= 15 is 0 Å². The normalized spacial score (nSPS) is 21.4. The summed E-state index contributed by atoms with van der Waals surface area (Å²) < 4.78 is 2.24. The fourth-order valence-electron chi connectivity index (χ4n) is 3.83. The van der Waals surface area contributed by atoms with Gasteiger partial charge in [-0.25, -0.2) is 4.98 Å². The Labute approximate surface area is 163 Å². The predicted octanol–water partition coefficient (Wildman–Crippen LogP) is 3.63. The van der Waals surface area contributed by atoms with E-state index < -0.39 is 0 Å². The number of aryl methyl sites for hydroxylation is 1. The Morgan fingerprint density at radius 2 is 2.04 bits per heavy atom. The summed E-state index contributed by atoms with van der Waals surface area (Å²) in [5, 5.41) is 3.62. The molecule has 2 heterocycles. The molecule has 146 valence electrons. The van der Waals surface area contributed by atoms with Crippen molar-refractivity contribution in [2.45, 2.75) is 45.6 Å². The standard InChI is InChI=1S/C22H33N5/c1-17-6-8-19(9-7-17)22(3,4)15-25-21(23-5)26-12-10-18(2)20(14-26)27-13-11-24-16-27/h6-9,11,13,16,18,20H,10,12,14-15H2,1-5H3,(H,23,25). The molecule has 5 heteroatoms. The number of nitrogens with zero attached hydrogens (tertiary/aromatic N) is 4. The van der Waals surface area contributed by atoms with Crippen molar-refractivity contribution in [3.05, 3.63) is 54.1 Å². The van der Waals surface area contributed by atoms with Crippen LogP contribution in [-0.4, -0.2) is 47.1 Å². The Bertz CT molecular complexity index is 746. The van der Waals surface area contributed by atoms with E-state index in [1.165, 1.54) is 11.1 Å². The van der Waals surface area contributed by atoms with E-state index in [0.717, 1.165) is 32.0 Å². The van der Waals surface area contributed by atoms with Crippen LogP contribution in [0, 0.1) is 12.8 Å². The van der Waals surface area contributed by atoms with Crippen LogP contribution < -0.4 is 5.32 Å². The average molecular weight is 368 g/mol. The first-order chi connectivity index (χ1) is 12.9. The summed E-state index contributed by atoms with van der Waals surface area (Å²) >= 11 is 0. The van der Waals surface area contributed by atoms with E-state index in [-0.39, 0.29) is 5.41 Å². The molecular formula is C22H33N5. The van der Waals surface area contributed by atoms with Crippen molar-refractivity contribution in [3.8, 4) is 0 Å². The van der Waals surface area contributed by atoms with Crippen molar-refractivity contribution >= 4 is 5.96 Å². The summed E-state index contributed by atoms with van der Waals surface area (Å²) in [6.45, 7) is 11.9. The number of benzene rings is 1. The Balaban J connectivity index is 1.65. The van der Waals surface area contributed by atoms with Gasteiger partial charge in [-0.1, -0.05) is 50.6 Å². The van der Waals surface area contributed by atoms with E-state index in [0.29, 0.717) is 12.0 Å². The van der Waals surface area contributed by atoms with Crippen LogP contribution in [0.5, 0.6) is 0 Å². The molecule has 0 spiro atoms. The van der Waals surface area contributed by atoms with Crippen LogP contribution in [0.2, 0.25) is 0 Å². The molecule has 1 aliphatic heterocycles. The topological polar surface area (TPSA) is 45.5 Å². The summed E-state index contributed by atoms with van der Waals surface area (Å²) in [6, 6.07) is 9.28. The molecule has 2 atom stereocenters. The number of rotatable bonds is 4. The molecule has 1 aromatic carbocycles. The lowest BCUT2D eigenvalue weighted by atomic mass is 9.84. The second-order valence-electron chi connectivity index (χ2n) is 8.44. The Kier molecular flexibility index (Phi) is 5.88. The van der Waals surface area contributed by atoms with Crippen LogP contribution in [0.1, 0.15) is 44.4 Å². The van der Waals surface area contributed by atoms with Gasteiger partial charge in [0.15, 0.2) is 5.96 Å². The van der Waals surface area contributed by atoms with Gasteiger partial charge in [-0.05, 0) is 24.8 Å². The second kappa shape index (κ2) is 8.15. The SMILES string of the molecule is CN=C(NCC(C)(C)c1ccc(C)cc1)N1CCC(C)C(n2ccnc2)C1. The van der Waals surface area contributed by atoms with Crippen LogP contribution in [0.4, 0.5) is 0 Å². The fraction of sp³-hybridized carbons (Fsp3) is 0.545. The van der Waals surface area contributed by atoms with Crippen LogP contribution >= 0.6 is 0 Å². The number of likely N-dealkylation sites (tertiary alicyclic amines) is 1. The van der Waals surface area contributed by atoms with Crippen molar-refractivity contribution in [2.75, 3.05) is 26.7 Å². The summed E-state index contributed by atoms with van der Waals surface area (Å²) in [6.07, 6.45) is 7.02. The van der Waals surface area contributed by atoms with Gasteiger partial charge in [-0.2, -0.15) is 0 Å². The lowest BCUT2D eigenvalue weighted by Crippen LogP contribution is -2.51. The maximum absolute atomic E-state index is 4.57. The molecule has 5 nitrogen and oxygen atoms in total. The molecule has 1 fully saturated rings. The molecule has 1 aromatic heterocycles. The monoisotopic (exact) mass is 367 g/mol. The highest BCUT2D eigenvalue weighted by Gasteiger charge is 2.29. The Morgan fingerprint density at radius 1 is 1.30 bits per heavy atom. The van der Waals surface area contributed by atoms with Gasteiger partial charge in [-0.3, -0.25) is 4.99 Å². The quantitative estimate of drug-likeness (QED) is 0.663. The van der Waals surface area contributed by atoms with Gasteiger partial charge in [0.1, 0.15) is 0 Å². The molecule has 1 saturated heterocycles. The highest BCUT2D eigenvalue weighted by atomic mass is 15.3. The molecule has 27 heavy (non-hydrogen) atoms. The molecule has 0 bridgehead atoms. The first-order valence-electron chi connectivity index (χ1n) is 9.91. The van der Waals surface area contributed by atoms with Crippen LogP contribution in [0.3, 0.4) is 0 Å². The van der Waals surface area contributed by atoms with Gasteiger partial charge in [0.2, 0.25) is 0 Å². The van der Waals surface area contributed by atoms with Crippen molar-refractivity contribution in [1.29, 1.82) is 0 Å². The lowest BCUT2D eigenvalue weighted by molar-refractivity contribution is 0.188. The number of hydrogen-bond donors (Lipinski definition) is 1. The number of guanidine groups is 1. The molecule has 0 aliphatic carbocycles. The van der Waals surface area contributed by atoms with Crippen LogP contribution in [0.25, 0.3) is 0 Å². The zero-order valence-corrected chi connectivity index (χ0v) is 17.3. The third kappa shape index (κ3) is 4.52. The van der Waals surface area contributed by atoms with Gasteiger partial charge < -0.3 is 14.8 Å². The first-order valence-corrected chi connectivity index (χ1v) is 9.91. The maximum atomic E-state index is 4.57. The molecule has 1 aliphatic rings. The Hall–Kier alpha value is -2.30. The highest BCUT2D eigenvalue weighted by molar-refractivity contribution is 5.80. The lowest BCUT2D eigenvalue weighted by Gasteiger charge is -2.40. The minimum atomic E-state index is 0.0382. The minimum absolute atomic E-state index is 0.0382. The summed E-state index contributed by atoms with van der Waals surface area (Å²) in [7, 11) is 1.88. The minimum Gasteiger partial charge on any atom is -0.355 e. The number of aromatic nitrogens is 2. The molecule has 2 aromatic rings. The van der Waals surface area contributed by atoms with Gasteiger partial charge >= 0.3 is 0 Å². The zero-order chi connectivity index (χ0) is 19.4. The zero-order valence-electron chi connectivity index (χ0n) is 17.3. The molecular weight excluding hydrogens is 334 g/mol. The van der Waals surface area contributed by atoms with Crippen molar-refractivity contribution in [3.63, 3.8) is 0 Å². The average Bonchev–Trinajstić information content (AvgIpc) is 3.18. The molecule has 3 rings (SSSR count). The van der Waals surface area contributed by atoms with E-state index in [9.17, 15) is 0 Å². The van der Waals surface area contributed by atoms with Crippen LogP contribution in [0.15, 0.2) is 48.0 Å². The number of nitrogens with one attached hydrogen (secondary N) is 1. The molecule has 0 saturated carbocycles. The van der Waals surface area contributed by atoms with Crippen LogP contribution in [-0.2, 0) is 5.41 Å². The molecule has 2 unspecified atom stereocenters. The fourth-order valence-corrected chi connectivity index (χ4v) is 3.83. The number of piperidine rings is 1. The van der Waals surface area contributed by atoms with Gasteiger partial charge in [0.05, 0.1) is 12.4 Å². The van der Waals surface area contributed by atoms with Gasteiger partial charge in [0.25, 0.3) is 0 Å². The summed E-state index contributed by atoms with van der Waals surface area (Å²) in [5.74, 6) is 1.63. The van der Waals surface area contributed by atoms with Gasteiger partial charge in [0, 0.05) is 44.5 Å². The van der Waals surface area contributed by atoms with Crippen molar-refractivity contribution in [2.24, 2.45) is 10.9 Å².